The van der Waals surface area contributed by atoms with E-state index in [2.05, 4.69) is 20.8 Å². The number of hydrogen-bond donors (Lipinski definition) is 0. The minimum Gasteiger partial charge on any atom is -0.465 e. The van der Waals surface area contributed by atoms with Crippen molar-refractivity contribution in [3.63, 3.8) is 0 Å². The smallest absolute Gasteiger partial charge is 0.308 e. The third kappa shape index (κ3) is 28.5. The van der Waals surface area contributed by atoms with Crippen LogP contribution in [0, 0.1) is 5.92 Å². The highest BCUT2D eigenvalue weighted by Gasteiger charge is 2.19. The van der Waals surface area contributed by atoms with Gasteiger partial charge in [-0.3, -0.25) is 4.79 Å². The Morgan fingerprint density at radius 3 is 0.947 bits per heavy atom. The molecule has 0 aromatic rings. The van der Waals surface area contributed by atoms with Crippen molar-refractivity contribution in [1.82, 2.24) is 0 Å². The summed E-state index contributed by atoms with van der Waals surface area (Å²) in [4.78, 5) is 12.7. The Morgan fingerprint density at radius 2 is 0.658 bits per heavy atom. The number of esters is 1. The van der Waals surface area contributed by atoms with Crippen molar-refractivity contribution in [2.24, 2.45) is 5.92 Å². The Morgan fingerprint density at radius 1 is 0.395 bits per heavy atom. The van der Waals surface area contributed by atoms with E-state index < -0.39 is 0 Å². The zero-order chi connectivity index (χ0) is 27.8. The molecule has 0 fully saturated rings. The van der Waals surface area contributed by atoms with E-state index in [0.29, 0.717) is 6.61 Å². The Labute approximate surface area is 241 Å². The van der Waals surface area contributed by atoms with Gasteiger partial charge >= 0.3 is 5.97 Å². The number of unbranched alkanes of at least 4 members (excludes halogenated alkanes) is 25. The van der Waals surface area contributed by atoms with Crippen molar-refractivity contribution in [2.45, 2.75) is 213 Å². The van der Waals surface area contributed by atoms with Gasteiger partial charge in [-0.05, 0) is 19.3 Å². The highest BCUT2D eigenvalue weighted by atomic mass is 16.5. The summed E-state index contributed by atoms with van der Waals surface area (Å²) in [6.45, 7) is 7.36. The minimum absolute atomic E-state index is 0.0937. The molecule has 0 bridgehead atoms. The van der Waals surface area contributed by atoms with Crippen LogP contribution in [0.2, 0.25) is 0 Å². The number of carbonyl (C=O) groups is 1. The molecule has 1 atom stereocenters. The molecule has 0 spiro atoms. The summed E-state index contributed by atoms with van der Waals surface area (Å²) in [7, 11) is 0. The van der Waals surface area contributed by atoms with E-state index in [1.807, 2.05) is 0 Å². The van der Waals surface area contributed by atoms with Crippen LogP contribution in [0.1, 0.15) is 213 Å². The quantitative estimate of drug-likeness (QED) is 0.0631. The third-order valence-corrected chi connectivity index (χ3v) is 8.39. The van der Waals surface area contributed by atoms with Gasteiger partial charge in [0.05, 0.1) is 12.5 Å². The Balaban J connectivity index is 3.79. The van der Waals surface area contributed by atoms with Crippen molar-refractivity contribution in [1.29, 1.82) is 0 Å². The lowest BCUT2D eigenvalue weighted by molar-refractivity contribution is -0.149. The van der Waals surface area contributed by atoms with Gasteiger partial charge in [0.25, 0.3) is 0 Å². The van der Waals surface area contributed by atoms with Gasteiger partial charge in [0.2, 0.25) is 0 Å². The van der Waals surface area contributed by atoms with Gasteiger partial charge in [-0.1, -0.05) is 194 Å². The van der Waals surface area contributed by atoms with Crippen LogP contribution in [0.15, 0.2) is 0 Å². The second kappa shape index (κ2) is 32.7. The molecule has 38 heavy (non-hydrogen) atoms. The van der Waals surface area contributed by atoms with Gasteiger partial charge in [-0.15, -0.1) is 0 Å². The Kier molecular flexibility index (Phi) is 32.2. The molecular formula is C36H72O2. The molecule has 0 aromatic carbocycles. The topological polar surface area (TPSA) is 26.3 Å². The average molecular weight is 537 g/mol. The third-order valence-electron chi connectivity index (χ3n) is 8.39. The fourth-order valence-electron chi connectivity index (χ4n) is 5.63. The summed E-state index contributed by atoms with van der Waals surface area (Å²) in [6, 6.07) is 0. The van der Waals surface area contributed by atoms with Crippen LogP contribution < -0.4 is 0 Å². The molecule has 0 aliphatic heterocycles. The number of ether oxygens (including phenoxy) is 1. The van der Waals surface area contributed by atoms with Crippen LogP contribution in [0.3, 0.4) is 0 Å². The molecular weight excluding hydrogens is 464 g/mol. The van der Waals surface area contributed by atoms with E-state index in [4.69, 9.17) is 4.74 Å². The predicted octanol–water partition coefficient (Wildman–Crippen LogP) is 12.9. The van der Waals surface area contributed by atoms with Crippen molar-refractivity contribution >= 4 is 5.97 Å². The SMILES string of the molecule is CCCCCCCCCCCCCCCCC(CCCCCCCCCCCCCC)C(=O)OCCCC. The maximum Gasteiger partial charge on any atom is 0.308 e. The van der Waals surface area contributed by atoms with Crippen molar-refractivity contribution in [3.8, 4) is 0 Å². The highest BCUT2D eigenvalue weighted by molar-refractivity contribution is 5.72. The predicted molar refractivity (Wildman–Crippen MR) is 170 cm³/mol. The van der Waals surface area contributed by atoms with Crippen LogP contribution >= 0.6 is 0 Å². The standard InChI is InChI=1S/C36H72O2/c1-4-7-10-12-14-16-18-20-21-23-25-27-29-31-33-35(36(37)38-34-9-6-3)32-30-28-26-24-22-19-17-15-13-11-8-5-2/h35H,4-34H2,1-3H3. The van der Waals surface area contributed by atoms with Crippen LogP contribution in [0.5, 0.6) is 0 Å². The lowest BCUT2D eigenvalue weighted by Gasteiger charge is -2.16. The zero-order valence-corrected chi connectivity index (χ0v) is 26.8. The molecule has 0 N–H and O–H groups in total. The zero-order valence-electron chi connectivity index (χ0n) is 26.8. The molecule has 0 amide bonds. The fraction of sp³-hybridized carbons (Fsp3) is 0.972. The van der Waals surface area contributed by atoms with E-state index in [9.17, 15) is 4.79 Å². The summed E-state index contributed by atoms with van der Waals surface area (Å²) >= 11 is 0. The second-order valence-corrected chi connectivity index (χ2v) is 12.3. The summed E-state index contributed by atoms with van der Waals surface area (Å²) in [5.74, 6) is 0.239. The summed E-state index contributed by atoms with van der Waals surface area (Å²) in [5.41, 5.74) is 0. The van der Waals surface area contributed by atoms with Crippen molar-refractivity contribution in [3.05, 3.63) is 0 Å². The van der Waals surface area contributed by atoms with Crippen molar-refractivity contribution in [2.75, 3.05) is 6.61 Å². The maximum atomic E-state index is 12.7. The maximum absolute atomic E-state index is 12.7. The van der Waals surface area contributed by atoms with Crippen LogP contribution in [0.25, 0.3) is 0 Å². The van der Waals surface area contributed by atoms with Gasteiger partial charge in [-0.2, -0.15) is 0 Å². The molecule has 0 saturated heterocycles. The number of carbonyl (C=O) groups excluding carboxylic acids is 1. The Hall–Kier alpha value is -0.530. The number of hydrogen-bond acceptors (Lipinski definition) is 2. The summed E-state index contributed by atoms with van der Waals surface area (Å²) < 4.78 is 5.63. The molecule has 1 unspecified atom stereocenters. The highest BCUT2D eigenvalue weighted by Crippen LogP contribution is 2.21. The molecule has 0 aliphatic carbocycles. The normalized spacial score (nSPS) is 12.2. The Bertz CT molecular complexity index is 447. The van der Waals surface area contributed by atoms with E-state index >= 15 is 0 Å². The molecule has 0 saturated carbocycles. The molecule has 0 rings (SSSR count). The first-order chi connectivity index (χ1) is 18.8. The monoisotopic (exact) mass is 537 g/mol. The lowest BCUT2D eigenvalue weighted by Crippen LogP contribution is -2.18. The van der Waals surface area contributed by atoms with E-state index in [1.165, 1.54) is 167 Å². The molecule has 0 radical (unpaired) electrons. The van der Waals surface area contributed by atoms with Gasteiger partial charge in [0.1, 0.15) is 0 Å². The molecule has 0 heterocycles. The largest absolute Gasteiger partial charge is 0.465 e. The first-order valence-corrected chi connectivity index (χ1v) is 17.9. The van der Waals surface area contributed by atoms with Gasteiger partial charge in [0.15, 0.2) is 0 Å². The first kappa shape index (κ1) is 37.5. The second-order valence-electron chi connectivity index (χ2n) is 12.3. The molecule has 0 aromatic heterocycles. The van der Waals surface area contributed by atoms with E-state index in [0.717, 1.165) is 25.7 Å². The van der Waals surface area contributed by atoms with E-state index in [-0.39, 0.29) is 11.9 Å². The van der Waals surface area contributed by atoms with E-state index in [1.54, 1.807) is 0 Å². The lowest BCUT2D eigenvalue weighted by atomic mass is 9.94. The molecule has 0 aliphatic rings. The first-order valence-electron chi connectivity index (χ1n) is 17.9. The molecule has 2 heteroatoms. The van der Waals surface area contributed by atoms with Crippen LogP contribution in [-0.2, 0) is 9.53 Å². The average Bonchev–Trinajstić information content (AvgIpc) is 2.92. The van der Waals surface area contributed by atoms with Gasteiger partial charge < -0.3 is 4.74 Å². The minimum atomic E-state index is 0.0937. The van der Waals surface area contributed by atoms with Crippen LogP contribution in [0.4, 0.5) is 0 Å². The van der Waals surface area contributed by atoms with Gasteiger partial charge in [-0.25, -0.2) is 0 Å². The van der Waals surface area contributed by atoms with Crippen LogP contribution in [-0.4, -0.2) is 12.6 Å². The summed E-state index contributed by atoms with van der Waals surface area (Å²) in [6.07, 6.45) is 40.1. The number of rotatable bonds is 32. The van der Waals surface area contributed by atoms with Gasteiger partial charge in [0, 0.05) is 0 Å². The molecule has 228 valence electrons. The van der Waals surface area contributed by atoms with Crippen molar-refractivity contribution < 1.29 is 9.53 Å². The fourth-order valence-corrected chi connectivity index (χ4v) is 5.63. The molecule has 2 nitrogen and oxygen atoms in total. The summed E-state index contributed by atoms with van der Waals surface area (Å²) in [5, 5.41) is 0.